The van der Waals surface area contributed by atoms with Gasteiger partial charge in [-0.2, -0.15) is 0 Å². The molecule has 1 unspecified atom stereocenters. The van der Waals surface area contributed by atoms with Crippen molar-refractivity contribution in [1.82, 2.24) is 0 Å². The summed E-state index contributed by atoms with van der Waals surface area (Å²) in [6.07, 6.45) is 0.0787. The molecule has 5 nitrogen and oxygen atoms in total. The summed E-state index contributed by atoms with van der Waals surface area (Å²) in [6.45, 7) is 1.30. The summed E-state index contributed by atoms with van der Waals surface area (Å²) >= 11 is 0. The van der Waals surface area contributed by atoms with E-state index in [2.05, 4.69) is 0 Å². The van der Waals surface area contributed by atoms with Gasteiger partial charge in [0.1, 0.15) is 24.7 Å². The van der Waals surface area contributed by atoms with Crippen LogP contribution in [0.15, 0.2) is 24.3 Å². The van der Waals surface area contributed by atoms with Gasteiger partial charge < -0.3 is 19.3 Å². The van der Waals surface area contributed by atoms with Crippen molar-refractivity contribution in [2.75, 3.05) is 33.5 Å². The van der Waals surface area contributed by atoms with Crippen molar-refractivity contribution in [3.05, 3.63) is 29.8 Å². The molecule has 100 valence electrons. The molecule has 1 aromatic carbocycles. The number of ether oxygens (including phenoxy) is 3. The first-order valence-corrected chi connectivity index (χ1v) is 5.69. The summed E-state index contributed by atoms with van der Waals surface area (Å²) in [7, 11) is 1.59. The number of carbonyl (C=O) groups excluding carboxylic acids is 1. The predicted octanol–water partition coefficient (Wildman–Crippen LogP) is 0.902. The number of hydrogen-bond acceptors (Lipinski definition) is 5. The summed E-state index contributed by atoms with van der Waals surface area (Å²) in [4.78, 5) is 10.4. The Balaban J connectivity index is 2.20. The zero-order valence-corrected chi connectivity index (χ0v) is 10.4. The second kappa shape index (κ2) is 8.63. The Morgan fingerprint density at radius 1 is 1.22 bits per heavy atom. The van der Waals surface area contributed by atoms with Crippen LogP contribution in [-0.4, -0.2) is 51.0 Å². The number of benzene rings is 1. The summed E-state index contributed by atoms with van der Waals surface area (Å²) in [5.74, 6) is 0.608. The van der Waals surface area contributed by atoms with Crippen LogP contribution in [0, 0.1) is 0 Å². The molecule has 1 atom stereocenters. The number of aldehydes is 1. The monoisotopic (exact) mass is 254 g/mol. The topological polar surface area (TPSA) is 65.0 Å². The number of methoxy groups -OCH3 is 1. The molecule has 0 aliphatic rings. The van der Waals surface area contributed by atoms with E-state index >= 15 is 0 Å². The summed E-state index contributed by atoms with van der Waals surface area (Å²) < 4.78 is 15.3. The van der Waals surface area contributed by atoms with Crippen LogP contribution in [0.3, 0.4) is 0 Å². The fourth-order valence-corrected chi connectivity index (χ4v) is 1.24. The van der Waals surface area contributed by atoms with Gasteiger partial charge in [-0.1, -0.05) is 0 Å². The fourth-order valence-electron chi connectivity index (χ4n) is 1.24. The van der Waals surface area contributed by atoms with Gasteiger partial charge in [0, 0.05) is 12.7 Å². The maximum atomic E-state index is 10.4. The zero-order valence-electron chi connectivity index (χ0n) is 10.4. The molecule has 0 aliphatic carbocycles. The molecule has 0 spiro atoms. The van der Waals surface area contributed by atoms with Crippen molar-refractivity contribution in [1.29, 1.82) is 0 Å². The molecule has 18 heavy (non-hydrogen) atoms. The predicted molar refractivity (Wildman–Crippen MR) is 66.0 cm³/mol. The van der Waals surface area contributed by atoms with Gasteiger partial charge in [0.25, 0.3) is 0 Å². The largest absolute Gasteiger partial charge is 0.491 e. The van der Waals surface area contributed by atoms with E-state index in [0.29, 0.717) is 24.5 Å². The lowest BCUT2D eigenvalue weighted by atomic mass is 10.2. The molecule has 0 amide bonds. The summed E-state index contributed by atoms with van der Waals surface area (Å²) in [5.41, 5.74) is 0.589. The Kier molecular flexibility index (Phi) is 7.01. The Morgan fingerprint density at radius 2 is 1.94 bits per heavy atom. The summed E-state index contributed by atoms with van der Waals surface area (Å²) in [5, 5.41) is 9.56. The highest BCUT2D eigenvalue weighted by Crippen LogP contribution is 2.11. The number of hydrogen-bond donors (Lipinski definition) is 1. The van der Waals surface area contributed by atoms with Crippen LogP contribution in [0.2, 0.25) is 0 Å². The number of aliphatic hydroxyl groups excluding tert-OH is 1. The first-order chi connectivity index (χ1) is 8.76. The van der Waals surface area contributed by atoms with Gasteiger partial charge in [0.05, 0.1) is 19.8 Å². The first kappa shape index (κ1) is 14.6. The van der Waals surface area contributed by atoms with Crippen LogP contribution in [0.1, 0.15) is 10.4 Å². The molecular formula is C13H18O5. The Morgan fingerprint density at radius 3 is 2.56 bits per heavy atom. The molecule has 1 aromatic rings. The zero-order chi connectivity index (χ0) is 13.2. The second-order valence-corrected chi connectivity index (χ2v) is 3.72. The van der Waals surface area contributed by atoms with E-state index in [1.54, 1.807) is 31.4 Å². The molecule has 0 saturated carbocycles. The second-order valence-electron chi connectivity index (χ2n) is 3.72. The van der Waals surface area contributed by atoms with Gasteiger partial charge in [0.15, 0.2) is 0 Å². The molecule has 5 heteroatoms. The average molecular weight is 254 g/mol. The van der Waals surface area contributed by atoms with E-state index in [0.717, 1.165) is 6.29 Å². The Labute approximate surface area is 106 Å². The maximum Gasteiger partial charge on any atom is 0.150 e. The van der Waals surface area contributed by atoms with Crippen molar-refractivity contribution in [3.63, 3.8) is 0 Å². The van der Waals surface area contributed by atoms with E-state index in [1.165, 1.54) is 0 Å². The molecular weight excluding hydrogens is 236 g/mol. The van der Waals surface area contributed by atoms with Gasteiger partial charge in [-0.3, -0.25) is 4.79 Å². The van der Waals surface area contributed by atoms with Crippen LogP contribution in [0.5, 0.6) is 5.75 Å². The molecule has 0 aliphatic heterocycles. The highest BCUT2D eigenvalue weighted by molar-refractivity contribution is 5.74. The van der Waals surface area contributed by atoms with Crippen molar-refractivity contribution >= 4 is 6.29 Å². The van der Waals surface area contributed by atoms with Gasteiger partial charge >= 0.3 is 0 Å². The van der Waals surface area contributed by atoms with E-state index in [4.69, 9.17) is 14.2 Å². The van der Waals surface area contributed by atoms with E-state index in [9.17, 15) is 9.90 Å². The summed E-state index contributed by atoms with van der Waals surface area (Å²) in [6, 6.07) is 6.68. The number of aliphatic hydroxyl groups is 1. The quantitative estimate of drug-likeness (QED) is 0.524. The molecule has 0 radical (unpaired) electrons. The lowest BCUT2D eigenvalue weighted by Crippen LogP contribution is -2.24. The fraction of sp³-hybridized carbons (Fsp3) is 0.462. The van der Waals surface area contributed by atoms with E-state index in [1.807, 2.05) is 0 Å². The van der Waals surface area contributed by atoms with Gasteiger partial charge in [-0.05, 0) is 24.3 Å². The molecule has 1 N–H and O–H groups in total. The minimum Gasteiger partial charge on any atom is -0.491 e. The van der Waals surface area contributed by atoms with Gasteiger partial charge in [-0.25, -0.2) is 0 Å². The van der Waals surface area contributed by atoms with Crippen LogP contribution in [0.4, 0.5) is 0 Å². The Hall–Kier alpha value is -1.43. The number of carbonyl (C=O) groups is 1. The molecule has 0 aromatic heterocycles. The van der Waals surface area contributed by atoms with Crippen molar-refractivity contribution in [2.24, 2.45) is 0 Å². The van der Waals surface area contributed by atoms with Gasteiger partial charge in [-0.15, -0.1) is 0 Å². The normalized spacial score (nSPS) is 12.1. The number of rotatable bonds is 9. The lowest BCUT2D eigenvalue weighted by molar-refractivity contribution is -0.00419. The van der Waals surface area contributed by atoms with Crippen LogP contribution in [-0.2, 0) is 9.47 Å². The van der Waals surface area contributed by atoms with Crippen LogP contribution < -0.4 is 4.74 Å². The molecule has 0 bridgehead atoms. The molecule has 0 saturated heterocycles. The van der Waals surface area contributed by atoms with Crippen LogP contribution in [0.25, 0.3) is 0 Å². The van der Waals surface area contributed by atoms with E-state index in [-0.39, 0.29) is 13.2 Å². The highest BCUT2D eigenvalue weighted by atomic mass is 16.5. The van der Waals surface area contributed by atoms with Gasteiger partial charge in [0.2, 0.25) is 0 Å². The van der Waals surface area contributed by atoms with Crippen molar-refractivity contribution in [2.45, 2.75) is 6.10 Å². The first-order valence-electron chi connectivity index (χ1n) is 5.69. The molecule has 0 fully saturated rings. The molecule has 0 heterocycles. The Bertz CT molecular complexity index is 336. The van der Waals surface area contributed by atoms with Crippen LogP contribution >= 0.6 is 0 Å². The highest BCUT2D eigenvalue weighted by Gasteiger charge is 2.05. The third-order valence-corrected chi connectivity index (χ3v) is 2.20. The van der Waals surface area contributed by atoms with Crippen molar-refractivity contribution in [3.8, 4) is 5.75 Å². The SMILES string of the molecule is COCCOCC(O)COc1ccc(C=O)cc1. The molecule has 1 rings (SSSR count). The van der Waals surface area contributed by atoms with Crippen molar-refractivity contribution < 1.29 is 24.1 Å². The standard InChI is InChI=1S/C13H18O5/c1-16-6-7-17-9-12(15)10-18-13-4-2-11(8-14)3-5-13/h2-5,8,12,15H,6-7,9-10H2,1H3. The minimum absolute atomic E-state index is 0.146. The lowest BCUT2D eigenvalue weighted by Gasteiger charge is -2.12. The maximum absolute atomic E-state index is 10.4. The smallest absolute Gasteiger partial charge is 0.150 e. The minimum atomic E-state index is -0.687. The van der Waals surface area contributed by atoms with E-state index < -0.39 is 6.10 Å². The third kappa shape index (κ3) is 5.77. The third-order valence-electron chi connectivity index (χ3n) is 2.20. The average Bonchev–Trinajstić information content (AvgIpc) is 2.42.